The van der Waals surface area contributed by atoms with E-state index in [4.69, 9.17) is 5.11 Å². The molecule has 2 N–H and O–H groups in total. The van der Waals surface area contributed by atoms with Gasteiger partial charge in [-0.05, 0) is 53.1 Å². The highest BCUT2D eigenvalue weighted by molar-refractivity contribution is 4.95. The van der Waals surface area contributed by atoms with Crippen molar-refractivity contribution >= 4 is 0 Å². The third-order valence-electron chi connectivity index (χ3n) is 3.43. The van der Waals surface area contributed by atoms with Crippen LogP contribution < -0.4 is 5.32 Å². The Morgan fingerprint density at radius 3 is 2.59 bits per heavy atom. The van der Waals surface area contributed by atoms with Gasteiger partial charge in [-0.3, -0.25) is 4.90 Å². The number of piperidine rings is 1. The number of hydrogen-bond acceptors (Lipinski definition) is 3. The summed E-state index contributed by atoms with van der Waals surface area (Å²) in [5.74, 6) is 0. The summed E-state index contributed by atoms with van der Waals surface area (Å²) in [4.78, 5) is 2.52. The average Bonchev–Trinajstić information content (AvgIpc) is 2.28. The van der Waals surface area contributed by atoms with Crippen molar-refractivity contribution in [1.29, 1.82) is 0 Å². The van der Waals surface area contributed by atoms with Crippen LogP contribution in [0, 0.1) is 0 Å². The van der Waals surface area contributed by atoms with Crippen LogP contribution in [0.2, 0.25) is 0 Å². The SMILES string of the molecule is CC(C)=CCN1CCC(N[C@H](C)CCO)CC1. The monoisotopic (exact) mass is 240 g/mol. The lowest BCUT2D eigenvalue weighted by atomic mass is 10.0. The summed E-state index contributed by atoms with van der Waals surface area (Å²) < 4.78 is 0. The number of rotatable bonds is 6. The first kappa shape index (κ1) is 14.7. The van der Waals surface area contributed by atoms with Crippen LogP contribution in [0.1, 0.15) is 40.0 Å². The predicted molar refractivity (Wildman–Crippen MR) is 73.2 cm³/mol. The van der Waals surface area contributed by atoms with Gasteiger partial charge < -0.3 is 10.4 Å². The molecule has 0 aromatic heterocycles. The first-order valence-corrected chi connectivity index (χ1v) is 6.84. The largest absolute Gasteiger partial charge is 0.396 e. The zero-order chi connectivity index (χ0) is 12.7. The van der Waals surface area contributed by atoms with E-state index in [2.05, 4.69) is 37.1 Å². The fraction of sp³-hybridized carbons (Fsp3) is 0.857. The zero-order valence-corrected chi connectivity index (χ0v) is 11.6. The molecular formula is C14H28N2O. The Balaban J connectivity index is 2.19. The normalized spacial score (nSPS) is 20.2. The molecule has 3 nitrogen and oxygen atoms in total. The van der Waals surface area contributed by atoms with Gasteiger partial charge in [-0.25, -0.2) is 0 Å². The second kappa shape index (κ2) is 7.85. The zero-order valence-electron chi connectivity index (χ0n) is 11.6. The second-order valence-corrected chi connectivity index (χ2v) is 5.44. The molecule has 1 aliphatic heterocycles. The van der Waals surface area contributed by atoms with E-state index < -0.39 is 0 Å². The Bertz CT molecular complexity index is 228. The number of allylic oxidation sites excluding steroid dienone is 1. The molecule has 0 aromatic carbocycles. The molecule has 0 aromatic rings. The molecule has 1 heterocycles. The maximum absolute atomic E-state index is 8.88. The molecule has 1 saturated heterocycles. The topological polar surface area (TPSA) is 35.5 Å². The lowest BCUT2D eigenvalue weighted by Gasteiger charge is -2.33. The van der Waals surface area contributed by atoms with E-state index in [1.54, 1.807) is 0 Å². The maximum atomic E-state index is 8.88. The number of hydrogen-bond donors (Lipinski definition) is 2. The Kier molecular flexibility index (Phi) is 6.78. The van der Waals surface area contributed by atoms with Gasteiger partial charge in [0, 0.05) is 25.2 Å². The van der Waals surface area contributed by atoms with E-state index in [0.29, 0.717) is 12.1 Å². The first-order chi connectivity index (χ1) is 8.11. The lowest BCUT2D eigenvalue weighted by Crippen LogP contribution is -2.45. The van der Waals surface area contributed by atoms with Crippen molar-refractivity contribution in [2.45, 2.75) is 52.1 Å². The molecule has 3 heteroatoms. The van der Waals surface area contributed by atoms with Crippen molar-refractivity contribution < 1.29 is 5.11 Å². The van der Waals surface area contributed by atoms with Crippen LogP contribution in [-0.4, -0.2) is 48.3 Å². The minimum absolute atomic E-state index is 0.285. The van der Waals surface area contributed by atoms with Gasteiger partial charge in [-0.15, -0.1) is 0 Å². The van der Waals surface area contributed by atoms with Crippen molar-refractivity contribution in [2.75, 3.05) is 26.2 Å². The van der Waals surface area contributed by atoms with Gasteiger partial charge in [0.05, 0.1) is 0 Å². The summed E-state index contributed by atoms with van der Waals surface area (Å²) >= 11 is 0. The van der Waals surface area contributed by atoms with E-state index in [9.17, 15) is 0 Å². The van der Waals surface area contributed by atoms with Crippen LogP contribution in [0.15, 0.2) is 11.6 Å². The molecule has 0 unspecified atom stereocenters. The van der Waals surface area contributed by atoms with Crippen molar-refractivity contribution in [3.63, 3.8) is 0 Å². The molecular weight excluding hydrogens is 212 g/mol. The summed E-state index contributed by atoms with van der Waals surface area (Å²) in [7, 11) is 0. The van der Waals surface area contributed by atoms with Crippen LogP contribution in [0.5, 0.6) is 0 Å². The van der Waals surface area contributed by atoms with Gasteiger partial charge in [-0.2, -0.15) is 0 Å². The van der Waals surface area contributed by atoms with E-state index in [1.165, 1.54) is 31.5 Å². The van der Waals surface area contributed by atoms with Gasteiger partial charge in [0.2, 0.25) is 0 Å². The van der Waals surface area contributed by atoms with E-state index in [-0.39, 0.29) is 6.61 Å². The smallest absolute Gasteiger partial charge is 0.0445 e. The molecule has 1 atom stereocenters. The summed E-state index contributed by atoms with van der Waals surface area (Å²) in [5.41, 5.74) is 1.40. The second-order valence-electron chi connectivity index (χ2n) is 5.44. The number of nitrogens with one attached hydrogen (secondary N) is 1. The highest BCUT2D eigenvalue weighted by atomic mass is 16.3. The third-order valence-corrected chi connectivity index (χ3v) is 3.43. The molecule has 100 valence electrons. The standard InChI is InChI=1S/C14H28N2O/c1-12(2)4-8-16-9-5-14(6-10-16)15-13(3)7-11-17/h4,13-15,17H,5-11H2,1-3H3/t13-/m1/s1. The Morgan fingerprint density at radius 1 is 1.41 bits per heavy atom. The van der Waals surface area contributed by atoms with Gasteiger partial charge >= 0.3 is 0 Å². The van der Waals surface area contributed by atoms with Crippen LogP contribution in [0.25, 0.3) is 0 Å². The molecule has 0 bridgehead atoms. The van der Waals surface area contributed by atoms with Gasteiger partial charge in [0.1, 0.15) is 0 Å². The first-order valence-electron chi connectivity index (χ1n) is 6.84. The maximum Gasteiger partial charge on any atom is 0.0445 e. The highest BCUT2D eigenvalue weighted by Gasteiger charge is 2.19. The van der Waals surface area contributed by atoms with Gasteiger partial charge in [0.15, 0.2) is 0 Å². The van der Waals surface area contributed by atoms with Crippen LogP contribution in [0.4, 0.5) is 0 Å². The lowest BCUT2D eigenvalue weighted by molar-refractivity contribution is 0.198. The highest BCUT2D eigenvalue weighted by Crippen LogP contribution is 2.11. The number of nitrogens with zero attached hydrogens (tertiary/aromatic N) is 1. The summed E-state index contributed by atoms with van der Waals surface area (Å²) in [6.45, 7) is 10.2. The number of aliphatic hydroxyl groups excluding tert-OH is 1. The van der Waals surface area contributed by atoms with Gasteiger partial charge in [0.25, 0.3) is 0 Å². The van der Waals surface area contributed by atoms with Crippen molar-refractivity contribution in [2.24, 2.45) is 0 Å². The van der Waals surface area contributed by atoms with Gasteiger partial charge in [-0.1, -0.05) is 11.6 Å². The van der Waals surface area contributed by atoms with E-state index >= 15 is 0 Å². The molecule has 0 aliphatic carbocycles. The van der Waals surface area contributed by atoms with Crippen molar-refractivity contribution in [1.82, 2.24) is 10.2 Å². The molecule has 0 radical (unpaired) electrons. The molecule has 1 rings (SSSR count). The number of likely N-dealkylation sites (tertiary alicyclic amines) is 1. The predicted octanol–water partition coefficient (Wildman–Crippen LogP) is 1.78. The molecule has 0 spiro atoms. The third kappa shape index (κ3) is 6.20. The quantitative estimate of drug-likeness (QED) is 0.695. The molecule has 0 saturated carbocycles. The van der Waals surface area contributed by atoms with Crippen LogP contribution in [0.3, 0.4) is 0 Å². The Morgan fingerprint density at radius 2 is 2.06 bits per heavy atom. The fourth-order valence-corrected chi connectivity index (χ4v) is 2.27. The molecule has 0 amide bonds. The molecule has 17 heavy (non-hydrogen) atoms. The summed E-state index contributed by atoms with van der Waals surface area (Å²) in [5, 5.41) is 12.5. The molecule has 1 fully saturated rings. The Labute approximate surface area is 106 Å². The van der Waals surface area contributed by atoms with Crippen LogP contribution in [-0.2, 0) is 0 Å². The number of aliphatic hydroxyl groups is 1. The van der Waals surface area contributed by atoms with Crippen molar-refractivity contribution in [3.8, 4) is 0 Å². The minimum atomic E-state index is 0.285. The molecule has 1 aliphatic rings. The average molecular weight is 240 g/mol. The van der Waals surface area contributed by atoms with Crippen LogP contribution >= 0.6 is 0 Å². The summed E-state index contributed by atoms with van der Waals surface area (Å²) in [6.07, 6.45) is 5.62. The minimum Gasteiger partial charge on any atom is -0.396 e. The Hall–Kier alpha value is -0.380. The van der Waals surface area contributed by atoms with E-state index in [1.807, 2.05) is 0 Å². The fourth-order valence-electron chi connectivity index (χ4n) is 2.27. The summed E-state index contributed by atoms with van der Waals surface area (Å²) in [6, 6.07) is 1.08. The van der Waals surface area contributed by atoms with Crippen molar-refractivity contribution in [3.05, 3.63) is 11.6 Å². The van der Waals surface area contributed by atoms with E-state index in [0.717, 1.165) is 13.0 Å².